The summed E-state index contributed by atoms with van der Waals surface area (Å²) in [7, 11) is -3.30. The number of nitrogen functional groups attached to an aromatic ring is 1. The van der Waals surface area contributed by atoms with Crippen molar-refractivity contribution in [3.63, 3.8) is 0 Å². The number of aromatic nitrogens is 3. The molecular formula is C40H45Cl2N5O5Si. The molecule has 10 nitrogen and oxygen atoms in total. The van der Waals surface area contributed by atoms with Crippen LogP contribution in [0.3, 0.4) is 0 Å². The molecule has 0 unspecified atom stereocenters. The molecule has 0 aliphatic carbocycles. The zero-order valence-corrected chi connectivity index (χ0v) is 32.8. The van der Waals surface area contributed by atoms with Crippen LogP contribution in [-0.4, -0.2) is 46.2 Å². The van der Waals surface area contributed by atoms with Crippen LogP contribution in [0.15, 0.2) is 118 Å². The van der Waals surface area contributed by atoms with Crippen molar-refractivity contribution in [1.29, 1.82) is 0 Å². The molecule has 0 amide bonds. The molecule has 1 aromatic heterocycles. The largest absolute Gasteiger partial charge is 0.489 e. The lowest BCUT2D eigenvalue weighted by atomic mass is 9.79. The van der Waals surface area contributed by atoms with E-state index < -0.39 is 30.2 Å². The van der Waals surface area contributed by atoms with Crippen molar-refractivity contribution in [2.45, 2.75) is 64.8 Å². The van der Waals surface area contributed by atoms with Crippen LogP contribution in [0, 0.1) is 5.41 Å². The van der Waals surface area contributed by atoms with E-state index in [1.165, 1.54) is 9.13 Å². The standard InChI is InChI=1S/C40H45Cl2N5O5Si/c1-28(2)52-35-20-19-31(23-34(35)42)44-36-45(24-29-15-17-30(41)18-16-29)37(48)46(38(49)47(36)43)25-40(26-51-27-40)22-21-39(3,4)53(50,32-11-7-5-8-12-32)33-13-9-6-10-14-33/h5-20,23,28,50H,21-22,24-27,43H2,1-4H3. The van der Waals surface area contributed by atoms with Gasteiger partial charge in [0.05, 0.1) is 36.6 Å². The number of halogens is 2. The fraction of sp³-hybridized carbons (Fsp3) is 0.325. The summed E-state index contributed by atoms with van der Waals surface area (Å²) in [5.74, 6) is 7.00. The maximum absolute atomic E-state index is 14.5. The Morgan fingerprint density at radius 3 is 2.04 bits per heavy atom. The number of rotatable bonds is 13. The van der Waals surface area contributed by atoms with E-state index in [2.05, 4.69) is 18.8 Å². The normalized spacial score (nSPS) is 14.7. The van der Waals surface area contributed by atoms with Gasteiger partial charge in [0.2, 0.25) is 5.62 Å². The highest BCUT2D eigenvalue weighted by molar-refractivity contribution is 6.98. The van der Waals surface area contributed by atoms with Gasteiger partial charge in [-0.05, 0) is 78.0 Å². The van der Waals surface area contributed by atoms with Crippen LogP contribution in [0.5, 0.6) is 5.75 Å². The molecule has 1 aliphatic heterocycles. The minimum atomic E-state index is -3.30. The van der Waals surface area contributed by atoms with Crippen LogP contribution in [0.1, 0.15) is 46.1 Å². The van der Waals surface area contributed by atoms with Gasteiger partial charge < -0.3 is 20.1 Å². The molecule has 2 heterocycles. The van der Waals surface area contributed by atoms with Gasteiger partial charge >= 0.3 is 11.4 Å². The lowest BCUT2D eigenvalue weighted by molar-refractivity contribution is -0.129. The van der Waals surface area contributed by atoms with Crippen molar-refractivity contribution in [2.24, 2.45) is 10.4 Å². The summed E-state index contributed by atoms with van der Waals surface area (Å²) in [5.41, 5.74) is -0.746. The molecule has 278 valence electrons. The predicted molar refractivity (Wildman–Crippen MR) is 213 cm³/mol. The highest BCUT2D eigenvalue weighted by atomic mass is 35.5. The maximum Gasteiger partial charge on any atom is 0.353 e. The first-order valence-corrected chi connectivity index (χ1v) is 20.3. The molecule has 4 aromatic carbocycles. The lowest BCUT2D eigenvalue weighted by Gasteiger charge is -2.46. The van der Waals surface area contributed by atoms with Crippen LogP contribution in [0.25, 0.3) is 0 Å². The molecule has 53 heavy (non-hydrogen) atoms. The Labute approximate surface area is 319 Å². The van der Waals surface area contributed by atoms with Crippen LogP contribution >= 0.6 is 23.2 Å². The van der Waals surface area contributed by atoms with E-state index in [-0.39, 0.29) is 24.8 Å². The number of hydrogen-bond donors (Lipinski definition) is 2. The summed E-state index contributed by atoms with van der Waals surface area (Å²) in [4.78, 5) is 45.9. The highest BCUT2D eigenvalue weighted by Crippen LogP contribution is 2.45. The number of ether oxygens (including phenoxy) is 2. The average Bonchev–Trinajstić information content (AvgIpc) is 3.13. The third kappa shape index (κ3) is 7.95. The molecule has 1 aliphatic rings. The summed E-state index contributed by atoms with van der Waals surface area (Å²) in [6.45, 7) is 8.85. The quantitative estimate of drug-likeness (QED) is 0.125. The van der Waals surface area contributed by atoms with Gasteiger partial charge in [0, 0.05) is 17.0 Å². The van der Waals surface area contributed by atoms with Crippen LogP contribution in [-0.2, 0) is 17.8 Å². The summed E-state index contributed by atoms with van der Waals surface area (Å²) in [6.07, 6.45) is 1.12. The molecule has 0 atom stereocenters. The molecule has 0 radical (unpaired) electrons. The number of nitrogens with two attached hydrogens (primary N) is 1. The second-order valence-corrected chi connectivity index (χ2v) is 19.5. The van der Waals surface area contributed by atoms with E-state index in [9.17, 15) is 14.4 Å². The highest BCUT2D eigenvalue weighted by Gasteiger charge is 2.51. The van der Waals surface area contributed by atoms with E-state index in [0.717, 1.165) is 20.6 Å². The summed E-state index contributed by atoms with van der Waals surface area (Å²) in [6, 6.07) is 31.8. The third-order valence-electron chi connectivity index (χ3n) is 10.1. The topological polar surface area (TPSA) is 126 Å². The molecule has 13 heteroatoms. The molecule has 0 saturated carbocycles. The van der Waals surface area contributed by atoms with Gasteiger partial charge in [0.1, 0.15) is 5.75 Å². The molecule has 1 saturated heterocycles. The van der Waals surface area contributed by atoms with E-state index in [0.29, 0.717) is 47.5 Å². The third-order valence-corrected chi connectivity index (χ3v) is 15.2. The first-order valence-electron chi connectivity index (χ1n) is 17.6. The predicted octanol–water partition coefficient (Wildman–Crippen LogP) is 5.23. The summed E-state index contributed by atoms with van der Waals surface area (Å²) < 4.78 is 15.0. The van der Waals surface area contributed by atoms with Gasteiger partial charge in [-0.2, -0.15) is 4.68 Å². The molecule has 1 fully saturated rings. The van der Waals surface area contributed by atoms with Crippen molar-refractivity contribution in [3.8, 4) is 5.75 Å². The Morgan fingerprint density at radius 2 is 1.51 bits per heavy atom. The van der Waals surface area contributed by atoms with Crippen LogP contribution < -0.4 is 38.0 Å². The Bertz CT molecular complexity index is 2210. The zero-order chi connectivity index (χ0) is 38.0. The second-order valence-electron chi connectivity index (χ2n) is 14.7. The molecular weight excluding hydrogens is 729 g/mol. The van der Waals surface area contributed by atoms with Gasteiger partial charge in [0.15, 0.2) is 0 Å². The van der Waals surface area contributed by atoms with E-state index in [1.54, 1.807) is 42.5 Å². The number of hydrogen-bond acceptors (Lipinski definition) is 7. The molecule has 5 aromatic rings. The number of benzene rings is 4. The summed E-state index contributed by atoms with van der Waals surface area (Å²) >= 11 is 12.7. The van der Waals surface area contributed by atoms with E-state index in [4.69, 9.17) is 38.5 Å². The Kier molecular flexibility index (Phi) is 11.2. The van der Waals surface area contributed by atoms with Gasteiger partial charge in [-0.25, -0.2) is 19.1 Å². The minimum absolute atomic E-state index is 0.0541. The smallest absolute Gasteiger partial charge is 0.353 e. The van der Waals surface area contributed by atoms with Gasteiger partial charge in [-0.3, -0.25) is 4.57 Å². The first kappa shape index (κ1) is 38.3. The summed E-state index contributed by atoms with van der Waals surface area (Å²) in [5, 5.41) is 2.18. The monoisotopic (exact) mass is 773 g/mol. The minimum Gasteiger partial charge on any atom is -0.489 e. The molecule has 0 spiro atoms. The fourth-order valence-electron chi connectivity index (χ4n) is 6.95. The molecule has 6 rings (SSSR count). The van der Waals surface area contributed by atoms with Crippen molar-refractivity contribution in [2.75, 3.05) is 19.1 Å². The van der Waals surface area contributed by atoms with Crippen LogP contribution in [0.2, 0.25) is 15.1 Å². The van der Waals surface area contributed by atoms with Gasteiger partial charge in [0.25, 0.3) is 8.32 Å². The number of nitrogens with zero attached hydrogens (tertiary/aromatic N) is 4. The van der Waals surface area contributed by atoms with E-state index >= 15 is 0 Å². The lowest BCUT2D eigenvalue weighted by Crippen LogP contribution is -2.65. The van der Waals surface area contributed by atoms with Gasteiger partial charge in [-0.1, -0.05) is 110 Å². The van der Waals surface area contributed by atoms with Crippen molar-refractivity contribution in [1.82, 2.24) is 13.8 Å². The van der Waals surface area contributed by atoms with Crippen molar-refractivity contribution >= 4 is 47.6 Å². The van der Waals surface area contributed by atoms with Gasteiger partial charge in [-0.15, -0.1) is 0 Å². The van der Waals surface area contributed by atoms with Crippen molar-refractivity contribution in [3.05, 3.63) is 145 Å². The molecule has 3 N–H and O–H groups in total. The fourth-order valence-corrected chi connectivity index (χ4v) is 11.0. The Morgan fingerprint density at radius 1 is 0.906 bits per heavy atom. The van der Waals surface area contributed by atoms with E-state index in [1.807, 2.05) is 74.5 Å². The SMILES string of the molecule is CC(C)Oc1ccc(N=c2n(N)c(=O)n(CC3(CCC(C)(C)[Si](O)(c4ccccc4)c4ccccc4)COC3)c(=O)n2Cc2ccc(Cl)cc2)cc1Cl. The zero-order valence-electron chi connectivity index (χ0n) is 30.3. The molecule has 0 bridgehead atoms. The second kappa shape index (κ2) is 15.5. The first-order chi connectivity index (χ1) is 25.2. The Hall–Kier alpha value is -4.39. The average molecular weight is 775 g/mol. The Balaban J connectivity index is 1.39. The maximum atomic E-state index is 14.5. The van der Waals surface area contributed by atoms with Crippen LogP contribution in [0.4, 0.5) is 5.69 Å². The van der Waals surface area contributed by atoms with Crippen molar-refractivity contribution < 1.29 is 14.3 Å².